The maximum Gasteiger partial charge on any atom is 0.310 e. The van der Waals surface area contributed by atoms with Crippen molar-refractivity contribution in [3.05, 3.63) is 11.9 Å². The third-order valence-corrected chi connectivity index (χ3v) is 5.97. The van der Waals surface area contributed by atoms with Gasteiger partial charge >= 0.3 is 5.97 Å². The third kappa shape index (κ3) is 2.37. The molecule has 92 valence electrons. The Bertz CT molecular complexity index is 329. The molecule has 0 aromatic heterocycles. The average Bonchev–Trinajstić information content (AvgIpc) is 2.47. The highest BCUT2D eigenvalue weighted by Gasteiger charge is 2.41. The van der Waals surface area contributed by atoms with Crippen LogP contribution in [-0.4, -0.2) is 49.1 Å². The lowest BCUT2D eigenvalue weighted by Crippen LogP contribution is -2.16. The van der Waals surface area contributed by atoms with E-state index in [1.54, 1.807) is 30.4 Å². The quantitative estimate of drug-likeness (QED) is 0.556. The number of carbonyl (C=O) groups excluding carboxylic acids is 1. The molecule has 0 amide bonds. The summed E-state index contributed by atoms with van der Waals surface area (Å²) in [6.07, 6.45) is 0.0276. The van der Waals surface area contributed by atoms with Gasteiger partial charge in [0.15, 0.2) is 0 Å². The fraction of sp³-hybridized carbons (Fsp3) is 0.700. The number of hydrogen-bond donors (Lipinski definition) is 0. The summed E-state index contributed by atoms with van der Waals surface area (Å²) in [6, 6.07) is 0. The Morgan fingerprint density at radius 2 is 1.88 bits per heavy atom. The van der Waals surface area contributed by atoms with Crippen molar-refractivity contribution in [3.8, 4) is 0 Å². The van der Waals surface area contributed by atoms with Gasteiger partial charge in [0.2, 0.25) is 7.44 Å². The van der Waals surface area contributed by atoms with Crippen LogP contribution in [0.4, 0.5) is 0 Å². The van der Waals surface area contributed by atoms with E-state index in [9.17, 15) is 9.36 Å². The molecule has 0 bridgehead atoms. The summed E-state index contributed by atoms with van der Waals surface area (Å²) in [5, 5.41) is 0.452. The number of likely N-dealkylation sites (N-methyl/N-ethyl adjacent to an activating group) is 2. The molecule has 1 heterocycles. The number of hydrogen-bond acceptors (Lipinski definition) is 3. The highest BCUT2D eigenvalue weighted by Crippen LogP contribution is 2.61. The summed E-state index contributed by atoms with van der Waals surface area (Å²) in [5.41, 5.74) is 0. The highest BCUT2D eigenvalue weighted by atomic mass is 31.2. The van der Waals surface area contributed by atoms with Gasteiger partial charge in [0.05, 0.1) is 13.0 Å². The summed E-state index contributed by atoms with van der Waals surface area (Å²) < 4.78 is 21.0. The van der Waals surface area contributed by atoms with Crippen LogP contribution in [0, 0.1) is 0 Å². The number of carbonyl (C=O) groups is 1. The SMILES string of the molecule is C=C(CC(=O)OCC)P1(=O)N(C)CCN1C. The number of rotatable bonds is 4. The van der Waals surface area contributed by atoms with E-state index >= 15 is 0 Å². The molecule has 0 N–H and O–H groups in total. The Morgan fingerprint density at radius 3 is 2.31 bits per heavy atom. The van der Waals surface area contributed by atoms with Crippen LogP contribution in [0.15, 0.2) is 11.9 Å². The lowest BCUT2D eigenvalue weighted by Gasteiger charge is -2.26. The fourth-order valence-electron chi connectivity index (χ4n) is 1.79. The van der Waals surface area contributed by atoms with E-state index in [2.05, 4.69) is 6.58 Å². The predicted molar refractivity (Wildman–Crippen MR) is 63.3 cm³/mol. The molecular formula is C10H19N2O3P. The minimum Gasteiger partial charge on any atom is -0.466 e. The van der Waals surface area contributed by atoms with Crippen LogP contribution in [0.5, 0.6) is 0 Å². The molecule has 1 aliphatic rings. The zero-order chi connectivity index (χ0) is 12.3. The van der Waals surface area contributed by atoms with Crippen molar-refractivity contribution in [1.82, 2.24) is 9.34 Å². The minimum atomic E-state index is -2.75. The Labute approximate surface area is 96.5 Å². The molecule has 0 aromatic rings. The molecule has 0 radical (unpaired) electrons. The molecule has 0 unspecified atom stereocenters. The molecule has 0 saturated carbocycles. The number of esters is 1. The Kier molecular flexibility index (Phi) is 4.30. The first-order valence-electron chi connectivity index (χ1n) is 5.30. The second-order valence-electron chi connectivity index (χ2n) is 3.85. The van der Waals surface area contributed by atoms with E-state index in [0.29, 0.717) is 11.9 Å². The zero-order valence-electron chi connectivity index (χ0n) is 10.1. The monoisotopic (exact) mass is 246 g/mol. The van der Waals surface area contributed by atoms with Crippen LogP contribution in [0.1, 0.15) is 13.3 Å². The van der Waals surface area contributed by atoms with Gasteiger partial charge in [-0.2, -0.15) is 0 Å². The third-order valence-electron chi connectivity index (χ3n) is 2.74. The fourth-order valence-corrected chi connectivity index (χ4v) is 4.33. The first-order valence-corrected chi connectivity index (χ1v) is 6.91. The first-order chi connectivity index (χ1) is 7.42. The van der Waals surface area contributed by atoms with Crippen molar-refractivity contribution in [1.29, 1.82) is 0 Å². The van der Waals surface area contributed by atoms with Gasteiger partial charge in [-0.05, 0) is 21.0 Å². The largest absolute Gasteiger partial charge is 0.466 e. The summed E-state index contributed by atoms with van der Waals surface area (Å²) in [4.78, 5) is 11.3. The Morgan fingerprint density at radius 1 is 1.38 bits per heavy atom. The molecule has 0 aromatic carbocycles. The van der Waals surface area contributed by atoms with Gasteiger partial charge in [0, 0.05) is 18.4 Å². The first kappa shape index (κ1) is 13.4. The van der Waals surface area contributed by atoms with Crippen molar-refractivity contribution in [2.24, 2.45) is 0 Å². The molecule has 1 fully saturated rings. The van der Waals surface area contributed by atoms with Gasteiger partial charge in [-0.25, -0.2) is 9.34 Å². The van der Waals surface area contributed by atoms with E-state index in [-0.39, 0.29) is 12.4 Å². The molecule has 1 rings (SSSR count). The van der Waals surface area contributed by atoms with E-state index in [1.807, 2.05) is 0 Å². The van der Waals surface area contributed by atoms with Crippen LogP contribution >= 0.6 is 7.44 Å². The Balaban J connectivity index is 2.73. The van der Waals surface area contributed by atoms with Crippen LogP contribution in [0.3, 0.4) is 0 Å². The van der Waals surface area contributed by atoms with Gasteiger partial charge < -0.3 is 4.74 Å². The average molecular weight is 246 g/mol. The molecule has 5 nitrogen and oxygen atoms in total. The van der Waals surface area contributed by atoms with Crippen molar-refractivity contribution in [2.75, 3.05) is 33.8 Å². The van der Waals surface area contributed by atoms with Crippen LogP contribution < -0.4 is 0 Å². The van der Waals surface area contributed by atoms with Gasteiger partial charge in [-0.15, -0.1) is 0 Å². The van der Waals surface area contributed by atoms with Crippen molar-refractivity contribution >= 4 is 13.4 Å². The molecular weight excluding hydrogens is 227 g/mol. The van der Waals surface area contributed by atoms with E-state index in [1.165, 1.54) is 0 Å². The lowest BCUT2D eigenvalue weighted by atomic mass is 10.4. The second kappa shape index (κ2) is 5.13. The summed E-state index contributed by atoms with van der Waals surface area (Å²) in [6.45, 7) is 7.33. The standard InChI is InChI=1S/C10H19N2O3P/c1-5-15-10(13)8-9(2)16(14)11(3)6-7-12(16)4/h2,5-8H2,1,3-4H3. The molecule has 0 atom stereocenters. The number of nitrogens with zero attached hydrogens (tertiary/aromatic N) is 2. The van der Waals surface area contributed by atoms with Crippen molar-refractivity contribution in [2.45, 2.75) is 13.3 Å². The van der Waals surface area contributed by atoms with Crippen LogP contribution in [0.2, 0.25) is 0 Å². The van der Waals surface area contributed by atoms with Crippen molar-refractivity contribution < 1.29 is 14.1 Å². The zero-order valence-corrected chi connectivity index (χ0v) is 11.0. The molecule has 1 aliphatic heterocycles. The molecule has 16 heavy (non-hydrogen) atoms. The second-order valence-corrected chi connectivity index (χ2v) is 6.94. The molecule has 1 saturated heterocycles. The van der Waals surface area contributed by atoms with E-state index < -0.39 is 7.44 Å². The van der Waals surface area contributed by atoms with E-state index in [4.69, 9.17) is 4.74 Å². The normalized spacial score (nSPS) is 20.9. The summed E-state index contributed by atoms with van der Waals surface area (Å²) >= 11 is 0. The maximum atomic E-state index is 12.7. The van der Waals surface area contributed by atoms with Crippen molar-refractivity contribution in [3.63, 3.8) is 0 Å². The van der Waals surface area contributed by atoms with E-state index in [0.717, 1.165) is 13.1 Å². The van der Waals surface area contributed by atoms with Gasteiger partial charge in [-0.1, -0.05) is 6.58 Å². The van der Waals surface area contributed by atoms with Gasteiger partial charge in [0.25, 0.3) is 0 Å². The van der Waals surface area contributed by atoms with Crippen LogP contribution in [-0.2, 0) is 14.1 Å². The molecule has 6 heteroatoms. The predicted octanol–water partition coefficient (Wildman–Crippen LogP) is 1.52. The summed E-state index contributed by atoms with van der Waals surface area (Å²) in [5.74, 6) is -0.364. The maximum absolute atomic E-state index is 12.7. The van der Waals surface area contributed by atoms with Gasteiger partial charge in [0.1, 0.15) is 0 Å². The minimum absolute atomic E-state index is 0.0276. The smallest absolute Gasteiger partial charge is 0.310 e. The molecule has 0 spiro atoms. The number of ether oxygens (including phenoxy) is 1. The molecule has 0 aliphatic carbocycles. The van der Waals surface area contributed by atoms with Gasteiger partial charge in [-0.3, -0.25) is 9.36 Å². The topological polar surface area (TPSA) is 49.9 Å². The lowest BCUT2D eigenvalue weighted by molar-refractivity contribution is -0.142. The highest BCUT2D eigenvalue weighted by molar-refractivity contribution is 7.63. The summed E-state index contributed by atoms with van der Waals surface area (Å²) in [7, 11) is 0.835. The Hall–Kier alpha value is -0.640. The van der Waals surface area contributed by atoms with Crippen LogP contribution in [0.25, 0.3) is 0 Å².